The molecular formula is C12H23AgO7S. The number of carboxylic acid groups (broad SMARTS) is 2. The number of carboxylic acids is 2. The standard InChI is InChI=1S/C8H17.C4H6O7S.Ag/c1-4-6-7-8(3)5-2;5-3(6)1-2(4(7)8)12(9,10)11;/h8H,3-7H2,1-2H3;2H,1H2,(H,5,6)(H,7,8)(H,9,10,11);/q-1;;+1. The maximum absolute atomic E-state index is 10.2. The van der Waals surface area contributed by atoms with E-state index in [0.29, 0.717) is 5.92 Å². The van der Waals surface area contributed by atoms with Gasteiger partial charge in [-0.05, 0) is 0 Å². The molecule has 0 radical (unpaired) electrons. The molecule has 7 nitrogen and oxygen atoms in total. The first-order chi connectivity index (χ1) is 9.06. The van der Waals surface area contributed by atoms with Crippen molar-refractivity contribution >= 4 is 22.1 Å². The Balaban J connectivity index is -0.000000317. The summed E-state index contributed by atoms with van der Waals surface area (Å²) in [5, 5.41) is 13.9. The molecule has 9 heteroatoms. The van der Waals surface area contributed by atoms with Crippen LogP contribution in [0.3, 0.4) is 0 Å². The molecule has 0 bridgehead atoms. The predicted molar refractivity (Wildman–Crippen MR) is 73.9 cm³/mol. The first-order valence-electron chi connectivity index (χ1n) is 6.30. The van der Waals surface area contributed by atoms with E-state index in [1.54, 1.807) is 0 Å². The Hall–Kier alpha value is -0.410. The molecule has 0 aliphatic heterocycles. The van der Waals surface area contributed by atoms with Crippen LogP contribution in [0.4, 0.5) is 0 Å². The van der Waals surface area contributed by atoms with Crippen LogP contribution in [0, 0.1) is 12.8 Å². The largest absolute Gasteiger partial charge is 1.00 e. The summed E-state index contributed by atoms with van der Waals surface area (Å²) >= 11 is 0. The number of unbranched alkanes of at least 4 members (excludes halogenated alkanes) is 1. The molecule has 0 aromatic heterocycles. The van der Waals surface area contributed by atoms with Gasteiger partial charge in [-0.15, -0.1) is 0 Å². The Morgan fingerprint density at radius 2 is 1.67 bits per heavy atom. The van der Waals surface area contributed by atoms with E-state index >= 15 is 0 Å². The van der Waals surface area contributed by atoms with Crippen LogP contribution in [0.2, 0.25) is 0 Å². The first-order valence-corrected chi connectivity index (χ1v) is 7.80. The average Bonchev–Trinajstić information content (AvgIpc) is 2.31. The van der Waals surface area contributed by atoms with Gasteiger partial charge in [-0.25, -0.2) is 0 Å². The number of carbonyl (C=O) groups is 2. The van der Waals surface area contributed by atoms with Crippen LogP contribution in [-0.4, -0.2) is 40.4 Å². The van der Waals surface area contributed by atoms with Crippen LogP contribution < -0.4 is 0 Å². The topological polar surface area (TPSA) is 129 Å². The van der Waals surface area contributed by atoms with Gasteiger partial charge in [0.15, 0.2) is 5.25 Å². The van der Waals surface area contributed by atoms with Gasteiger partial charge in [0.05, 0.1) is 6.42 Å². The van der Waals surface area contributed by atoms with Gasteiger partial charge in [0.2, 0.25) is 0 Å². The summed E-state index contributed by atoms with van der Waals surface area (Å²) in [6.07, 6.45) is 4.05. The quantitative estimate of drug-likeness (QED) is 0.311. The minimum atomic E-state index is -4.84. The van der Waals surface area contributed by atoms with E-state index in [2.05, 4.69) is 20.8 Å². The number of aliphatic carboxylic acids is 2. The van der Waals surface area contributed by atoms with Crippen LogP contribution in [0.15, 0.2) is 0 Å². The third-order valence-corrected chi connectivity index (χ3v) is 3.63. The van der Waals surface area contributed by atoms with Crippen molar-refractivity contribution in [3.8, 4) is 0 Å². The number of hydrogen-bond acceptors (Lipinski definition) is 4. The molecule has 2 unspecified atom stereocenters. The summed E-state index contributed by atoms with van der Waals surface area (Å²) < 4.78 is 28.7. The number of rotatable bonds is 8. The zero-order valence-electron chi connectivity index (χ0n) is 12.1. The van der Waals surface area contributed by atoms with Crippen LogP contribution in [0.5, 0.6) is 0 Å². The van der Waals surface area contributed by atoms with E-state index in [4.69, 9.17) is 14.8 Å². The molecule has 0 spiro atoms. The van der Waals surface area contributed by atoms with Crippen LogP contribution in [0.25, 0.3) is 0 Å². The van der Waals surface area contributed by atoms with Crippen molar-refractivity contribution in [2.24, 2.45) is 5.92 Å². The molecule has 2 atom stereocenters. The molecule has 0 aromatic rings. The van der Waals surface area contributed by atoms with E-state index in [9.17, 15) is 18.0 Å². The van der Waals surface area contributed by atoms with Crippen LogP contribution in [-0.2, 0) is 42.1 Å². The minimum Gasteiger partial charge on any atom is -0.481 e. The van der Waals surface area contributed by atoms with Crippen molar-refractivity contribution in [2.45, 2.75) is 51.2 Å². The second-order valence-electron chi connectivity index (χ2n) is 4.36. The zero-order chi connectivity index (χ0) is 16.3. The molecule has 0 aromatic carbocycles. The monoisotopic (exact) mass is 418 g/mol. The Morgan fingerprint density at radius 1 is 1.19 bits per heavy atom. The van der Waals surface area contributed by atoms with E-state index in [-0.39, 0.29) is 22.4 Å². The summed E-state index contributed by atoms with van der Waals surface area (Å²) in [7, 11) is -4.84. The summed E-state index contributed by atoms with van der Waals surface area (Å²) in [5.74, 6) is -2.80. The van der Waals surface area contributed by atoms with E-state index in [1.807, 2.05) is 0 Å². The van der Waals surface area contributed by atoms with Gasteiger partial charge in [-0.1, -0.05) is 39.5 Å². The Morgan fingerprint density at radius 3 is 1.86 bits per heavy atom. The van der Waals surface area contributed by atoms with Crippen molar-refractivity contribution < 1.29 is 55.2 Å². The molecule has 0 amide bonds. The molecule has 0 aliphatic carbocycles. The van der Waals surface area contributed by atoms with Gasteiger partial charge >= 0.3 is 34.3 Å². The van der Waals surface area contributed by atoms with Crippen molar-refractivity contribution in [1.29, 1.82) is 0 Å². The molecule has 21 heavy (non-hydrogen) atoms. The van der Waals surface area contributed by atoms with Gasteiger partial charge < -0.3 is 17.1 Å². The SMILES string of the molecule is O=C(O)CC(C(=O)O)S(=O)(=O)O.[Ag+].[CH2-]C(CC)CCCC. The second kappa shape index (κ2) is 13.3. The fourth-order valence-corrected chi connectivity index (χ4v) is 1.78. The summed E-state index contributed by atoms with van der Waals surface area (Å²) in [5.41, 5.74) is 0. The van der Waals surface area contributed by atoms with Crippen molar-refractivity contribution in [2.75, 3.05) is 0 Å². The smallest absolute Gasteiger partial charge is 0.481 e. The molecule has 0 heterocycles. The molecule has 0 saturated carbocycles. The van der Waals surface area contributed by atoms with Gasteiger partial charge in [0.25, 0.3) is 10.1 Å². The molecule has 0 rings (SSSR count). The maximum atomic E-state index is 10.2. The Labute approximate surface area is 141 Å². The van der Waals surface area contributed by atoms with Crippen molar-refractivity contribution in [3.05, 3.63) is 6.92 Å². The van der Waals surface area contributed by atoms with Gasteiger partial charge in [-0.3, -0.25) is 14.1 Å². The Kier molecular flexibility index (Phi) is 16.1. The average molecular weight is 419 g/mol. The summed E-state index contributed by atoms with van der Waals surface area (Å²) in [6, 6.07) is 0. The molecule has 0 aliphatic rings. The van der Waals surface area contributed by atoms with Gasteiger partial charge in [-0.2, -0.15) is 14.3 Å². The van der Waals surface area contributed by atoms with Crippen molar-refractivity contribution in [3.63, 3.8) is 0 Å². The van der Waals surface area contributed by atoms with Gasteiger partial charge in [0, 0.05) is 0 Å². The van der Waals surface area contributed by atoms with Crippen molar-refractivity contribution in [1.82, 2.24) is 0 Å². The molecule has 0 saturated heterocycles. The summed E-state index contributed by atoms with van der Waals surface area (Å²) in [6.45, 7) is 8.42. The van der Waals surface area contributed by atoms with Gasteiger partial charge in [0.1, 0.15) is 0 Å². The molecule has 0 fully saturated rings. The molecular weight excluding hydrogens is 396 g/mol. The maximum Gasteiger partial charge on any atom is 1.00 e. The van der Waals surface area contributed by atoms with Crippen LogP contribution >= 0.6 is 0 Å². The van der Waals surface area contributed by atoms with E-state index in [1.165, 1.54) is 25.7 Å². The predicted octanol–water partition coefficient (Wildman–Crippen LogP) is 1.84. The first kappa shape index (κ1) is 25.5. The normalized spacial score (nSPS) is 13.1. The second-order valence-corrected chi connectivity index (χ2v) is 5.96. The fraction of sp³-hybridized carbons (Fsp3) is 0.750. The molecule has 130 valence electrons. The van der Waals surface area contributed by atoms with E-state index < -0.39 is 33.7 Å². The molecule has 3 N–H and O–H groups in total. The Bertz CT molecular complexity index is 394. The number of hydrogen-bond donors (Lipinski definition) is 3. The third-order valence-electron chi connectivity index (χ3n) is 2.54. The minimum absolute atomic E-state index is 0. The van der Waals surface area contributed by atoms with Crippen LogP contribution in [0.1, 0.15) is 46.0 Å². The zero-order valence-corrected chi connectivity index (χ0v) is 14.4. The summed E-state index contributed by atoms with van der Waals surface area (Å²) in [4.78, 5) is 20.0. The fourth-order valence-electron chi connectivity index (χ4n) is 1.18. The van der Waals surface area contributed by atoms with E-state index in [0.717, 1.165) is 0 Å². The third kappa shape index (κ3) is 15.8.